The van der Waals surface area contributed by atoms with Crippen LogP contribution >= 0.6 is 0 Å². The number of rotatable bonds is 8. The first-order valence-electron chi connectivity index (χ1n) is 7.50. The van der Waals surface area contributed by atoms with Gasteiger partial charge in [0.15, 0.2) is 18.1 Å². The molecule has 2 aromatic rings. The van der Waals surface area contributed by atoms with Gasteiger partial charge in [0.05, 0.1) is 13.3 Å². The Bertz CT molecular complexity index is 689. The molecule has 7 heteroatoms. The monoisotopic (exact) mass is 328 g/mol. The molecule has 0 unspecified atom stereocenters. The lowest BCUT2D eigenvalue weighted by atomic mass is 10.2. The van der Waals surface area contributed by atoms with E-state index in [2.05, 4.69) is 20.8 Å². The van der Waals surface area contributed by atoms with Crippen LogP contribution in [-0.2, 0) is 4.79 Å². The van der Waals surface area contributed by atoms with Crippen LogP contribution < -0.4 is 20.2 Å². The SMILES string of the molecule is CCNC(=O)COc1ccc(/C=N\Nc2ccccn2)cc1OC. The number of methoxy groups -OCH3 is 1. The summed E-state index contributed by atoms with van der Waals surface area (Å²) < 4.78 is 10.8. The van der Waals surface area contributed by atoms with E-state index < -0.39 is 0 Å². The Morgan fingerprint density at radius 2 is 2.17 bits per heavy atom. The second-order valence-corrected chi connectivity index (χ2v) is 4.74. The van der Waals surface area contributed by atoms with Crippen molar-refractivity contribution in [2.24, 2.45) is 5.10 Å². The molecule has 1 heterocycles. The van der Waals surface area contributed by atoms with Crippen LogP contribution in [0.4, 0.5) is 5.82 Å². The molecule has 7 nitrogen and oxygen atoms in total. The second kappa shape index (κ2) is 9.14. The number of anilines is 1. The third-order valence-electron chi connectivity index (χ3n) is 2.98. The molecule has 1 amide bonds. The van der Waals surface area contributed by atoms with Crippen molar-refractivity contribution in [1.29, 1.82) is 0 Å². The van der Waals surface area contributed by atoms with Crippen molar-refractivity contribution in [3.63, 3.8) is 0 Å². The number of hydrogen-bond donors (Lipinski definition) is 2. The molecule has 2 N–H and O–H groups in total. The van der Waals surface area contributed by atoms with Crippen LogP contribution in [0.5, 0.6) is 11.5 Å². The molecule has 0 saturated heterocycles. The Hall–Kier alpha value is -3.09. The zero-order valence-electron chi connectivity index (χ0n) is 13.7. The van der Waals surface area contributed by atoms with Crippen LogP contribution in [0.25, 0.3) is 0 Å². The number of benzene rings is 1. The van der Waals surface area contributed by atoms with Crippen molar-refractivity contribution in [1.82, 2.24) is 10.3 Å². The summed E-state index contributed by atoms with van der Waals surface area (Å²) in [6.07, 6.45) is 3.33. The fraction of sp³-hybridized carbons (Fsp3) is 0.235. The number of hydrazone groups is 1. The van der Waals surface area contributed by atoms with Crippen molar-refractivity contribution in [2.75, 3.05) is 25.7 Å². The first-order chi connectivity index (χ1) is 11.7. The van der Waals surface area contributed by atoms with Gasteiger partial charge in [-0.1, -0.05) is 6.07 Å². The smallest absolute Gasteiger partial charge is 0.257 e. The summed E-state index contributed by atoms with van der Waals surface area (Å²) in [6, 6.07) is 10.8. The average Bonchev–Trinajstić information content (AvgIpc) is 2.61. The van der Waals surface area contributed by atoms with Crippen LogP contribution in [0.3, 0.4) is 0 Å². The third kappa shape index (κ3) is 5.28. The minimum absolute atomic E-state index is 0.0567. The van der Waals surface area contributed by atoms with Gasteiger partial charge >= 0.3 is 0 Å². The van der Waals surface area contributed by atoms with Crippen LogP contribution in [-0.4, -0.2) is 37.4 Å². The minimum Gasteiger partial charge on any atom is -0.493 e. The Morgan fingerprint density at radius 1 is 1.29 bits per heavy atom. The fourth-order valence-electron chi connectivity index (χ4n) is 1.88. The second-order valence-electron chi connectivity index (χ2n) is 4.74. The normalized spacial score (nSPS) is 10.4. The molecule has 0 aliphatic heterocycles. The standard InChI is InChI=1S/C17H20N4O3/c1-3-18-17(22)12-24-14-8-7-13(10-15(14)23-2)11-20-21-16-6-4-5-9-19-16/h4-11H,3,12H2,1-2H3,(H,18,22)(H,19,21)/b20-11-. The highest BCUT2D eigenvalue weighted by Gasteiger charge is 2.07. The Labute approximate surface area is 140 Å². The summed E-state index contributed by atoms with van der Waals surface area (Å²) in [4.78, 5) is 15.6. The lowest BCUT2D eigenvalue weighted by molar-refractivity contribution is -0.123. The highest BCUT2D eigenvalue weighted by Crippen LogP contribution is 2.27. The molecule has 24 heavy (non-hydrogen) atoms. The zero-order chi connectivity index (χ0) is 17.2. The van der Waals surface area contributed by atoms with E-state index in [1.165, 1.54) is 0 Å². The Morgan fingerprint density at radius 3 is 2.88 bits per heavy atom. The first kappa shape index (κ1) is 17.3. The average molecular weight is 328 g/mol. The van der Waals surface area contributed by atoms with Crippen LogP contribution in [0.15, 0.2) is 47.7 Å². The largest absolute Gasteiger partial charge is 0.493 e. The van der Waals surface area contributed by atoms with E-state index >= 15 is 0 Å². The van der Waals surface area contributed by atoms with Crippen molar-refractivity contribution in [3.05, 3.63) is 48.2 Å². The number of carbonyl (C=O) groups is 1. The van der Waals surface area contributed by atoms with Gasteiger partial charge in [0.2, 0.25) is 0 Å². The van der Waals surface area contributed by atoms with Crippen molar-refractivity contribution in [2.45, 2.75) is 6.92 Å². The van der Waals surface area contributed by atoms with E-state index in [4.69, 9.17) is 9.47 Å². The van der Waals surface area contributed by atoms with Gasteiger partial charge in [0.1, 0.15) is 5.82 Å². The maximum atomic E-state index is 11.4. The number of aromatic nitrogens is 1. The van der Waals surface area contributed by atoms with E-state index in [9.17, 15) is 4.79 Å². The van der Waals surface area contributed by atoms with E-state index in [1.807, 2.05) is 31.2 Å². The molecule has 0 spiro atoms. The molecule has 0 fully saturated rings. The van der Waals surface area contributed by atoms with Gasteiger partial charge in [0, 0.05) is 12.7 Å². The van der Waals surface area contributed by atoms with Crippen LogP contribution in [0.1, 0.15) is 12.5 Å². The molecule has 0 atom stereocenters. The Balaban J connectivity index is 1.98. The molecule has 0 aliphatic rings. The number of likely N-dealkylation sites (N-methyl/N-ethyl adjacent to an activating group) is 1. The summed E-state index contributed by atoms with van der Waals surface area (Å²) in [5.41, 5.74) is 3.65. The molecule has 0 aliphatic carbocycles. The highest BCUT2D eigenvalue weighted by molar-refractivity contribution is 5.81. The molecular formula is C17H20N4O3. The predicted molar refractivity (Wildman–Crippen MR) is 92.6 cm³/mol. The number of pyridine rings is 1. The lowest BCUT2D eigenvalue weighted by Crippen LogP contribution is -2.28. The van der Waals surface area contributed by atoms with E-state index in [0.29, 0.717) is 23.9 Å². The number of carbonyl (C=O) groups excluding carboxylic acids is 1. The quantitative estimate of drug-likeness (QED) is 0.572. The number of hydrogen-bond acceptors (Lipinski definition) is 6. The summed E-state index contributed by atoms with van der Waals surface area (Å²) >= 11 is 0. The van der Waals surface area contributed by atoms with Gasteiger partial charge in [-0.2, -0.15) is 5.10 Å². The van der Waals surface area contributed by atoms with Gasteiger partial charge < -0.3 is 14.8 Å². The molecule has 2 rings (SSSR count). The minimum atomic E-state index is -0.176. The van der Waals surface area contributed by atoms with Gasteiger partial charge in [-0.15, -0.1) is 0 Å². The summed E-state index contributed by atoms with van der Waals surface area (Å²) in [5.74, 6) is 1.51. The van der Waals surface area contributed by atoms with Crippen LogP contribution in [0.2, 0.25) is 0 Å². The number of nitrogens with one attached hydrogen (secondary N) is 2. The maximum absolute atomic E-state index is 11.4. The van der Waals surface area contributed by atoms with Gasteiger partial charge in [-0.3, -0.25) is 10.2 Å². The van der Waals surface area contributed by atoms with Crippen LogP contribution in [0, 0.1) is 0 Å². The third-order valence-corrected chi connectivity index (χ3v) is 2.98. The Kier molecular flexibility index (Phi) is 6.58. The molecule has 1 aromatic heterocycles. The number of ether oxygens (including phenoxy) is 2. The van der Waals surface area contributed by atoms with Gasteiger partial charge in [-0.05, 0) is 42.8 Å². The van der Waals surface area contributed by atoms with E-state index in [0.717, 1.165) is 5.56 Å². The van der Waals surface area contributed by atoms with Crippen molar-refractivity contribution < 1.29 is 14.3 Å². The molecule has 0 bridgehead atoms. The van der Waals surface area contributed by atoms with E-state index in [-0.39, 0.29) is 12.5 Å². The first-order valence-corrected chi connectivity index (χ1v) is 7.50. The topological polar surface area (TPSA) is 84.8 Å². The predicted octanol–water partition coefficient (Wildman–Crippen LogP) is 2.05. The molecule has 0 radical (unpaired) electrons. The lowest BCUT2D eigenvalue weighted by Gasteiger charge is -2.11. The van der Waals surface area contributed by atoms with Gasteiger partial charge in [0.25, 0.3) is 5.91 Å². The van der Waals surface area contributed by atoms with Gasteiger partial charge in [-0.25, -0.2) is 4.98 Å². The molecular weight excluding hydrogens is 308 g/mol. The number of nitrogens with zero attached hydrogens (tertiary/aromatic N) is 2. The van der Waals surface area contributed by atoms with Crippen molar-refractivity contribution in [3.8, 4) is 11.5 Å². The van der Waals surface area contributed by atoms with Crippen molar-refractivity contribution >= 4 is 17.9 Å². The summed E-state index contributed by atoms with van der Waals surface area (Å²) in [5, 5.41) is 6.79. The summed E-state index contributed by atoms with van der Waals surface area (Å²) in [7, 11) is 1.54. The molecule has 0 saturated carbocycles. The van der Waals surface area contributed by atoms with E-state index in [1.54, 1.807) is 31.7 Å². The number of amides is 1. The summed E-state index contributed by atoms with van der Waals surface area (Å²) in [6.45, 7) is 2.36. The molecule has 126 valence electrons. The maximum Gasteiger partial charge on any atom is 0.257 e. The highest BCUT2D eigenvalue weighted by atomic mass is 16.5. The zero-order valence-corrected chi connectivity index (χ0v) is 13.7. The molecule has 1 aromatic carbocycles. The fourth-order valence-corrected chi connectivity index (χ4v) is 1.88.